The normalized spacial score (nSPS) is 12.4. The monoisotopic (exact) mass is 146 g/mol. The van der Waals surface area contributed by atoms with E-state index in [1.54, 1.807) is 6.08 Å². The van der Waals surface area contributed by atoms with Gasteiger partial charge in [-0.05, 0) is 18.2 Å². The van der Waals surface area contributed by atoms with Crippen molar-refractivity contribution in [3.63, 3.8) is 0 Å². The highest BCUT2D eigenvalue weighted by Gasteiger charge is 2.21. The number of carbonyl (C=O) groups excluding carboxylic acids is 1. The Balaban J connectivity index is 2.34. The standard InChI is InChI=1S/C9H6O2/c10-6-2-4-7-3-1-5-8-9(7)11-8/h1-6H. The molecule has 2 rings (SSSR count). The molecular weight excluding hydrogens is 140 g/mol. The van der Waals surface area contributed by atoms with Gasteiger partial charge in [-0.15, -0.1) is 0 Å². The molecule has 0 radical (unpaired) electrons. The molecule has 0 unspecified atom stereocenters. The Bertz CT molecular complexity index is 326. The van der Waals surface area contributed by atoms with Gasteiger partial charge in [-0.3, -0.25) is 4.79 Å². The predicted molar refractivity (Wildman–Crippen MR) is 41.6 cm³/mol. The van der Waals surface area contributed by atoms with E-state index in [9.17, 15) is 4.79 Å². The molecule has 0 fully saturated rings. The molecule has 0 bridgehead atoms. The van der Waals surface area contributed by atoms with E-state index < -0.39 is 0 Å². The zero-order valence-electron chi connectivity index (χ0n) is 5.78. The Labute approximate surface area is 64.1 Å². The molecule has 0 saturated carbocycles. The number of fused-ring (bicyclic) bond motifs is 1. The molecule has 1 aliphatic rings. The zero-order chi connectivity index (χ0) is 7.68. The zero-order valence-corrected chi connectivity index (χ0v) is 5.78. The topological polar surface area (TPSA) is 29.6 Å². The highest BCUT2D eigenvalue weighted by atomic mass is 16.6. The van der Waals surface area contributed by atoms with Gasteiger partial charge in [0, 0.05) is 5.56 Å². The largest absolute Gasteiger partial charge is 0.449 e. The average molecular weight is 146 g/mol. The molecule has 1 aromatic carbocycles. The summed E-state index contributed by atoms with van der Waals surface area (Å²) in [5.41, 5.74) is 0.967. The second-order valence-electron chi connectivity index (χ2n) is 2.27. The van der Waals surface area contributed by atoms with Crippen molar-refractivity contribution in [3.8, 4) is 11.5 Å². The first-order valence-electron chi connectivity index (χ1n) is 3.34. The van der Waals surface area contributed by atoms with Gasteiger partial charge in [-0.2, -0.15) is 0 Å². The number of allylic oxidation sites excluding steroid dienone is 1. The fraction of sp³-hybridized carbons (Fsp3) is 0. The van der Waals surface area contributed by atoms with E-state index in [1.807, 2.05) is 18.2 Å². The number of benzene rings is 1. The SMILES string of the molecule is O=CC=Cc1cccc2c1O2. The van der Waals surface area contributed by atoms with Crippen LogP contribution >= 0.6 is 0 Å². The van der Waals surface area contributed by atoms with Crippen LogP contribution in [-0.2, 0) is 4.79 Å². The fourth-order valence-corrected chi connectivity index (χ4v) is 0.984. The van der Waals surface area contributed by atoms with E-state index in [1.165, 1.54) is 6.08 Å². The summed E-state index contributed by atoms with van der Waals surface area (Å²) in [4.78, 5) is 9.98. The highest BCUT2D eigenvalue weighted by molar-refractivity contribution is 5.78. The van der Waals surface area contributed by atoms with Crippen LogP contribution in [-0.4, -0.2) is 6.29 Å². The fourth-order valence-electron chi connectivity index (χ4n) is 0.984. The van der Waals surface area contributed by atoms with Gasteiger partial charge in [-0.25, -0.2) is 0 Å². The predicted octanol–water partition coefficient (Wildman–Crippen LogP) is 2.00. The molecule has 0 aliphatic carbocycles. The van der Waals surface area contributed by atoms with Crippen LogP contribution in [0.5, 0.6) is 11.5 Å². The molecule has 1 heterocycles. The molecule has 0 aromatic heterocycles. The van der Waals surface area contributed by atoms with Crippen LogP contribution in [0, 0.1) is 0 Å². The maximum atomic E-state index is 9.98. The Morgan fingerprint density at radius 2 is 2.27 bits per heavy atom. The third-order valence-corrected chi connectivity index (χ3v) is 1.53. The summed E-state index contributed by atoms with van der Waals surface area (Å²) in [5.74, 6) is 1.81. The molecule has 0 atom stereocenters. The number of rotatable bonds is 2. The van der Waals surface area contributed by atoms with E-state index in [4.69, 9.17) is 4.74 Å². The first-order chi connectivity index (χ1) is 5.42. The van der Waals surface area contributed by atoms with Crippen molar-refractivity contribution in [3.05, 3.63) is 29.8 Å². The lowest BCUT2D eigenvalue weighted by Crippen LogP contribution is -1.64. The lowest BCUT2D eigenvalue weighted by Gasteiger charge is -1.82. The molecule has 54 valence electrons. The maximum Gasteiger partial charge on any atom is 0.177 e. The summed E-state index contributed by atoms with van der Waals surface area (Å²) in [7, 11) is 0. The Kier molecular flexibility index (Phi) is 1.25. The Morgan fingerprint density at radius 3 is 3.09 bits per heavy atom. The van der Waals surface area contributed by atoms with Crippen molar-refractivity contribution in [1.29, 1.82) is 0 Å². The summed E-state index contributed by atoms with van der Waals surface area (Å²) in [6, 6.07) is 5.70. The summed E-state index contributed by atoms with van der Waals surface area (Å²) < 4.78 is 5.10. The minimum Gasteiger partial charge on any atom is -0.449 e. The minimum absolute atomic E-state index is 0.752. The molecule has 0 spiro atoms. The van der Waals surface area contributed by atoms with Crippen LogP contribution in [0.4, 0.5) is 0 Å². The number of ether oxygens (including phenoxy) is 1. The van der Waals surface area contributed by atoms with Crippen molar-refractivity contribution in [2.45, 2.75) is 0 Å². The van der Waals surface area contributed by atoms with Crippen molar-refractivity contribution in [1.82, 2.24) is 0 Å². The van der Waals surface area contributed by atoms with Gasteiger partial charge in [0.2, 0.25) is 0 Å². The van der Waals surface area contributed by atoms with Crippen LogP contribution in [0.3, 0.4) is 0 Å². The second-order valence-corrected chi connectivity index (χ2v) is 2.27. The Hall–Kier alpha value is -1.57. The van der Waals surface area contributed by atoms with Crippen LogP contribution in [0.15, 0.2) is 24.3 Å². The van der Waals surface area contributed by atoms with Crippen molar-refractivity contribution in [2.75, 3.05) is 0 Å². The molecule has 2 nitrogen and oxygen atoms in total. The minimum atomic E-state index is 0.752. The first-order valence-corrected chi connectivity index (χ1v) is 3.34. The second kappa shape index (κ2) is 2.23. The highest BCUT2D eigenvalue weighted by Crippen LogP contribution is 2.48. The number of hydrogen-bond donors (Lipinski definition) is 0. The van der Waals surface area contributed by atoms with Crippen LogP contribution < -0.4 is 4.74 Å². The summed E-state index contributed by atoms with van der Waals surface area (Å²) in [5, 5.41) is 0. The number of carbonyl (C=O) groups is 1. The van der Waals surface area contributed by atoms with Gasteiger partial charge in [0.15, 0.2) is 11.5 Å². The van der Waals surface area contributed by atoms with Crippen LogP contribution in [0.25, 0.3) is 6.08 Å². The smallest absolute Gasteiger partial charge is 0.177 e. The summed E-state index contributed by atoms with van der Waals surface area (Å²) in [6.07, 6.45) is 3.94. The number of hydrogen-bond acceptors (Lipinski definition) is 2. The molecule has 11 heavy (non-hydrogen) atoms. The molecule has 1 aliphatic heterocycles. The maximum absolute atomic E-state index is 9.98. The van der Waals surface area contributed by atoms with Gasteiger partial charge in [0.25, 0.3) is 0 Å². The van der Waals surface area contributed by atoms with Gasteiger partial charge in [-0.1, -0.05) is 12.1 Å². The lowest BCUT2D eigenvalue weighted by molar-refractivity contribution is -0.104. The van der Waals surface area contributed by atoms with E-state index in [0.29, 0.717) is 0 Å². The quantitative estimate of drug-likeness (QED) is 0.368. The summed E-state index contributed by atoms with van der Waals surface area (Å²) >= 11 is 0. The van der Waals surface area contributed by atoms with Crippen LogP contribution in [0.2, 0.25) is 0 Å². The molecular formula is C9H6O2. The molecule has 1 aromatic rings. The molecule has 2 heteroatoms. The van der Waals surface area contributed by atoms with E-state index in [0.717, 1.165) is 23.3 Å². The molecule has 0 saturated heterocycles. The third kappa shape index (κ3) is 1.03. The Morgan fingerprint density at radius 1 is 1.36 bits per heavy atom. The third-order valence-electron chi connectivity index (χ3n) is 1.53. The molecule has 0 amide bonds. The summed E-state index contributed by atoms with van der Waals surface area (Å²) in [6.45, 7) is 0. The van der Waals surface area contributed by atoms with Crippen molar-refractivity contribution in [2.24, 2.45) is 0 Å². The van der Waals surface area contributed by atoms with Crippen molar-refractivity contribution < 1.29 is 9.53 Å². The van der Waals surface area contributed by atoms with Crippen molar-refractivity contribution >= 4 is 12.4 Å². The van der Waals surface area contributed by atoms with Gasteiger partial charge < -0.3 is 4.74 Å². The first kappa shape index (κ1) is 6.16. The molecule has 0 N–H and O–H groups in total. The lowest BCUT2D eigenvalue weighted by atomic mass is 10.2. The van der Waals surface area contributed by atoms with Gasteiger partial charge in [0.05, 0.1) is 0 Å². The van der Waals surface area contributed by atoms with E-state index in [-0.39, 0.29) is 0 Å². The number of para-hydroxylation sites is 1. The van der Waals surface area contributed by atoms with Gasteiger partial charge >= 0.3 is 0 Å². The van der Waals surface area contributed by atoms with E-state index >= 15 is 0 Å². The average Bonchev–Trinajstić information content (AvgIpc) is 2.79. The number of aldehydes is 1. The van der Waals surface area contributed by atoms with E-state index in [2.05, 4.69) is 0 Å². The van der Waals surface area contributed by atoms with Gasteiger partial charge in [0.1, 0.15) is 6.29 Å². The van der Waals surface area contributed by atoms with Crippen LogP contribution in [0.1, 0.15) is 5.56 Å².